The average molecular weight is 265 g/mol. The molecule has 1 rings (SSSR count). The Kier molecular flexibility index (Phi) is 7.75. The molecule has 1 fully saturated rings. The molecule has 5 heteroatoms. The van der Waals surface area contributed by atoms with Crippen molar-refractivity contribution in [1.29, 1.82) is 0 Å². The maximum atomic E-state index is 12.0. The first-order valence-electron chi connectivity index (χ1n) is 6.09. The minimum absolute atomic E-state index is 0. The van der Waals surface area contributed by atoms with Gasteiger partial charge < -0.3 is 15.4 Å². The minimum Gasteiger partial charge on any atom is -0.384 e. The Balaban J connectivity index is 0.00000256. The van der Waals surface area contributed by atoms with Gasteiger partial charge in [-0.05, 0) is 24.7 Å². The summed E-state index contributed by atoms with van der Waals surface area (Å²) in [5.74, 6) is 0.916. The van der Waals surface area contributed by atoms with Crippen LogP contribution in [0.3, 0.4) is 0 Å². The van der Waals surface area contributed by atoms with Gasteiger partial charge in [0.1, 0.15) is 0 Å². The van der Waals surface area contributed by atoms with E-state index in [0.29, 0.717) is 5.92 Å². The van der Waals surface area contributed by atoms with E-state index in [4.69, 9.17) is 10.5 Å². The highest BCUT2D eigenvalue weighted by atomic mass is 35.5. The average Bonchev–Trinajstić information content (AvgIpc) is 2.28. The van der Waals surface area contributed by atoms with Gasteiger partial charge in [-0.25, -0.2) is 0 Å². The first kappa shape index (κ1) is 16.7. The Hall–Kier alpha value is -0.320. The van der Waals surface area contributed by atoms with E-state index < -0.39 is 0 Å². The zero-order valence-corrected chi connectivity index (χ0v) is 11.8. The number of hydrogen-bond donors (Lipinski definition) is 1. The predicted octanol–water partition coefficient (Wildman–Crippen LogP) is 1.28. The lowest BCUT2D eigenvalue weighted by Gasteiger charge is -2.34. The van der Waals surface area contributed by atoms with E-state index in [1.165, 1.54) is 0 Å². The lowest BCUT2D eigenvalue weighted by molar-refractivity contribution is -0.135. The largest absolute Gasteiger partial charge is 0.384 e. The molecule has 0 radical (unpaired) electrons. The number of piperidine rings is 1. The van der Waals surface area contributed by atoms with Crippen LogP contribution in [-0.4, -0.2) is 43.7 Å². The van der Waals surface area contributed by atoms with Crippen LogP contribution in [0.5, 0.6) is 0 Å². The number of amides is 1. The standard InChI is InChI=1S/C12H24N2O2.ClH/c1-9(2)11(13)12(15)14-6-4-10(5-7-14)8-16-3;/h9-11H,4-8,13H2,1-3H3;1H/t11-;/m0./s1. The number of nitrogens with zero attached hydrogens (tertiary/aromatic N) is 1. The second kappa shape index (κ2) is 7.90. The van der Waals surface area contributed by atoms with Crippen LogP contribution in [0.1, 0.15) is 26.7 Å². The smallest absolute Gasteiger partial charge is 0.239 e. The van der Waals surface area contributed by atoms with Gasteiger partial charge in [0.15, 0.2) is 0 Å². The number of nitrogens with two attached hydrogens (primary N) is 1. The zero-order valence-electron chi connectivity index (χ0n) is 11.0. The van der Waals surface area contributed by atoms with Gasteiger partial charge in [-0.2, -0.15) is 0 Å². The topological polar surface area (TPSA) is 55.6 Å². The third-order valence-electron chi connectivity index (χ3n) is 3.33. The van der Waals surface area contributed by atoms with Gasteiger partial charge >= 0.3 is 0 Å². The fraction of sp³-hybridized carbons (Fsp3) is 0.917. The molecule has 1 aliphatic heterocycles. The number of carbonyl (C=O) groups excluding carboxylic acids is 1. The number of halogens is 1. The van der Waals surface area contributed by atoms with Crippen LogP contribution in [0.4, 0.5) is 0 Å². The summed E-state index contributed by atoms with van der Waals surface area (Å²) in [6, 6.07) is -0.348. The molecule has 1 saturated heterocycles. The molecule has 0 bridgehead atoms. The molecule has 17 heavy (non-hydrogen) atoms. The van der Waals surface area contributed by atoms with Crippen molar-refractivity contribution in [2.24, 2.45) is 17.6 Å². The summed E-state index contributed by atoms with van der Waals surface area (Å²) >= 11 is 0. The maximum absolute atomic E-state index is 12.0. The molecule has 1 heterocycles. The van der Waals surface area contributed by atoms with Gasteiger partial charge in [0.05, 0.1) is 6.04 Å². The molecule has 0 aromatic carbocycles. The van der Waals surface area contributed by atoms with Gasteiger partial charge in [-0.1, -0.05) is 13.8 Å². The minimum atomic E-state index is -0.348. The molecule has 0 spiro atoms. The van der Waals surface area contributed by atoms with Crippen molar-refractivity contribution in [2.75, 3.05) is 26.8 Å². The molecular formula is C12H25ClN2O2. The van der Waals surface area contributed by atoms with E-state index in [9.17, 15) is 4.79 Å². The molecule has 1 amide bonds. The summed E-state index contributed by atoms with van der Waals surface area (Å²) in [4.78, 5) is 13.9. The normalized spacial score (nSPS) is 19.0. The fourth-order valence-corrected chi connectivity index (χ4v) is 2.05. The SMILES string of the molecule is COCC1CCN(C(=O)[C@@H](N)C(C)C)CC1.Cl. The van der Waals surface area contributed by atoms with Crippen LogP contribution in [-0.2, 0) is 9.53 Å². The highest BCUT2D eigenvalue weighted by Crippen LogP contribution is 2.18. The van der Waals surface area contributed by atoms with Crippen molar-refractivity contribution in [3.63, 3.8) is 0 Å². The Labute approximate surface area is 110 Å². The third-order valence-corrected chi connectivity index (χ3v) is 3.33. The van der Waals surface area contributed by atoms with Gasteiger partial charge in [-0.3, -0.25) is 4.79 Å². The quantitative estimate of drug-likeness (QED) is 0.832. The summed E-state index contributed by atoms with van der Waals surface area (Å²) < 4.78 is 5.13. The lowest BCUT2D eigenvalue weighted by atomic mass is 9.96. The summed E-state index contributed by atoms with van der Waals surface area (Å²) in [5.41, 5.74) is 5.87. The molecule has 1 atom stereocenters. The van der Waals surface area contributed by atoms with Crippen LogP contribution >= 0.6 is 12.4 Å². The maximum Gasteiger partial charge on any atom is 0.239 e. The number of hydrogen-bond acceptors (Lipinski definition) is 3. The van der Waals surface area contributed by atoms with E-state index in [-0.39, 0.29) is 30.3 Å². The first-order valence-corrected chi connectivity index (χ1v) is 6.09. The predicted molar refractivity (Wildman–Crippen MR) is 71.2 cm³/mol. The summed E-state index contributed by atoms with van der Waals surface area (Å²) in [6.07, 6.45) is 2.06. The highest BCUT2D eigenvalue weighted by molar-refractivity contribution is 5.85. The second-order valence-corrected chi connectivity index (χ2v) is 4.99. The molecule has 102 valence electrons. The summed E-state index contributed by atoms with van der Waals surface area (Å²) in [7, 11) is 1.73. The number of ether oxygens (including phenoxy) is 1. The summed E-state index contributed by atoms with van der Waals surface area (Å²) in [5, 5.41) is 0. The monoisotopic (exact) mass is 264 g/mol. The Bertz CT molecular complexity index is 229. The van der Waals surface area contributed by atoms with Crippen LogP contribution in [0.15, 0.2) is 0 Å². The molecule has 0 aromatic heterocycles. The van der Waals surface area contributed by atoms with Gasteiger partial charge in [-0.15, -0.1) is 12.4 Å². The van der Waals surface area contributed by atoms with E-state index in [1.807, 2.05) is 18.7 Å². The Morgan fingerprint density at radius 1 is 1.41 bits per heavy atom. The number of carbonyl (C=O) groups is 1. The Morgan fingerprint density at radius 2 is 1.94 bits per heavy atom. The van der Waals surface area contributed by atoms with Crippen molar-refractivity contribution < 1.29 is 9.53 Å². The van der Waals surface area contributed by atoms with Crippen LogP contribution < -0.4 is 5.73 Å². The molecule has 1 aliphatic rings. The molecular weight excluding hydrogens is 240 g/mol. The number of rotatable bonds is 4. The van der Waals surface area contributed by atoms with Crippen molar-refractivity contribution in [1.82, 2.24) is 4.90 Å². The molecule has 0 unspecified atom stereocenters. The van der Waals surface area contributed by atoms with E-state index in [2.05, 4.69) is 0 Å². The summed E-state index contributed by atoms with van der Waals surface area (Å²) in [6.45, 7) is 6.43. The van der Waals surface area contributed by atoms with Gasteiger partial charge in [0.25, 0.3) is 0 Å². The first-order chi connectivity index (χ1) is 7.56. The molecule has 0 saturated carbocycles. The van der Waals surface area contributed by atoms with Crippen molar-refractivity contribution >= 4 is 18.3 Å². The Morgan fingerprint density at radius 3 is 2.35 bits per heavy atom. The van der Waals surface area contributed by atoms with E-state index >= 15 is 0 Å². The van der Waals surface area contributed by atoms with Crippen LogP contribution in [0.2, 0.25) is 0 Å². The fourth-order valence-electron chi connectivity index (χ4n) is 2.05. The zero-order chi connectivity index (χ0) is 12.1. The molecule has 2 N–H and O–H groups in total. The van der Waals surface area contributed by atoms with Crippen molar-refractivity contribution in [3.05, 3.63) is 0 Å². The van der Waals surface area contributed by atoms with Crippen molar-refractivity contribution in [3.8, 4) is 0 Å². The van der Waals surface area contributed by atoms with Crippen LogP contribution in [0.25, 0.3) is 0 Å². The molecule has 0 aliphatic carbocycles. The highest BCUT2D eigenvalue weighted by Gasteiger charge is 2.27. The van der Waals surface area contributed by atoms with E-state index in [0.717, 1.165) is 32.5 Å². The van der Waals surface area contributed by atoms with Gasteiger partial charge in [0, 0.05) is 26.8 Å². The third kappa shape index (κ3) is 4.82. The number of methoxy groups -OCH3 is 1. The number of likely N-dealkylation sites (tertiary alicyclic amines) is 1. The lowest BCUT2D eigenvalue weighted by Crippen LogP contribution is -2.49. The van der Waals surface area contributed by atoms with E-state index in [1.54, 1.807) is 7.11 Å². The van der Waals surface area contributed by atoms with Gasteiger partial charge in [0.2, 0.25) is 5.91 Å². The molecule has 0 aromatic rings. The second-order valence-electron chi connectivity index (χ2n) is 4.99. The van der Waals surface area contributed by atoms with Crippen LogP contribution in [0, 0.1) is 11.8 Å². The molecule has 4 nitrogen and oxygen atoms in total. The van der Waals surface area contributed by atoms with Crippen molar-refractivity contribution in [2.45, 2.75) is 32.7 Å².